The zero-order valence-electron chi connectivity index (χ0n) is 11.6. The van der Waals surface area contributed by atoms with Gasteiger partial charge in [-0.15, -0.1) is 0 Å². The molecule has 3 N–H and O–H groups in total. The second-order valence-corrected chi connectivity index (χ2v) is 5.96. The maximum Gasteiger partial charge on any atom is 0.275 e. The Hall–Kier alpha value is -1.41. The molecule has 0 spiro atoms. The van der Waals surface area contributed by atoms with Gasteiger partial charge in [-0.1, -0.05) is 6.92 Å². The first kappa shape index (κ1) is 15.6. The lowest BCUT2D eigenvalue weighted by molar-refractivity contribution is 0.0707. The molecule has 19 heavy (non-hydrogen) atoms. The number of nitrogens with one attached hydrogen (secondary N) is 1. The van der Waals surface area contributed by atoms with Crippen LogP contribution in [0.4, 0.5) is 0 Å². The minimum Gasteiger partial charge on any atom is -0.335 e. The van der Waals surface area contributed by atoms with Gasteiger partial charge < -0.3 is 4.90 Å². The fraction of sp³-hybridized carbons (Fsp3) is 0.636. The smallest absolute Gasteiger partial charge is 0.275 e. The number of nitrogens with two attached hydrogens (primary N) is 1. The van der Waals surface area contributed by atoms with Crippen molar-refractivity contribution in [2.75, 3.05) is 6.54 Å². The monoisotopic (exact) mass is 288 g/mol. The molecular weight excluding hydrogens is 268 g/mol. The van der Waals surface area contributed by atoms with Gasteiger partial charge in [-0.05, 0) is 27.2 Å². The fourth-order valence-electron chi connectivity index (χ4n) is 1.94. The second kappa shape index (κ2) is 5.70. The quantitative estimate of drug-likeness (QED) is 0.821. The topological polar surface area (TPSA) is 109 Å². The lowest BCUT2D eigenvalue weighted by atomic mass is 10.2. The number of nitrogens with zero attached hydrogens (tertiary/aromatic N) is 2. The van der Waals surface area contributed by atoms with E-state index in [-0.39, 0.29) is 16.6 Å². The predicted molar refractivity (Wildman–Crippen MR) is 71.2 cm³/mol. The van der Waals surface area contributed by atoms with Gasteiger partial charge in [0.2, 0.25) is 10.0 Å². The van der Waals surface area contributed by atoms with Gasteiger partial charge in [0.15, 0.2) is 5.69 Å². The molecule has 8 heteroatoms. The maximum absolute atomic E-state index is 12.3. The van der Waals surface area contributed by atoms with Crippen LogP contribution in [-0.2, 0) is 16.4 Å². The van der Waals surface area contributed by atoms with Crippen molar-refractivity contribution in [2.45, 2.75) is 45.1 Å². The summed E-state index contributed by atoms with van der Waals surface area (Å²) in [4.78, 5) is 13.7. The molecule has 1 heterocycles. The lowest BCUT2D eigenvalue weighted by Gasteiger charge is -2.24. The molecule has 108 valence electrons. The van der Waals surface area contributed by atoms with Crippen LogP contribution in [-0.4, -0.2) is 42.0 Å². The zero-order valence-corrected chi connectivity index (χ0v) is 12.4. The van der Waals surface area contributed by atoms with Gasteiger partial charge >= 0.3 is 0 Å². The van der Waals surface area contributed by atoms with Gasteiger partial charge in [-0.2, -0.15) is 5.10 Å². The molecule has 1 aromatic rings. The summed E-state index contributed by atoms with van der Waals surface area (Å²) >= 11 is 0. The van der Waals surface area contributed by atoms with E-state index in [0.717, 1.165) is 0 Å². The van der Waals surface area contributed by atoms with Crippen molar-refractivity contribution in [3.05, 3.63) is 11.4 Å². The maximum atomic E-state index is 12.3. The summed E-state index contributed by atoms with van der Waals surface area (Å²) in [6.45, 7) is 7.75. The van der Waals surface area contributed by atoms with Crippen LogP contribution in [0.15, 0.2) is 4.90 Å². The van der Waals surface area contributed by atoms with Gasteiger partial charge in [-0.25, -0.2) is 13.6 Å². The van der Waals surface area contributed by atoms with E-state index >= 15 is 0 Å². The van der Waals surface area contributed by atoms with Gasteiger partial charge in [-0.3, -0.25) is 9.89 Å². The molecule has 1 amide bonds. The van der Waals surface area contributed by atoms with Gasteiger partial charge in [0, 0.05) is 12.6 Å². The number of rotatable bonds is 5. The highest BCUT2D eigenvalue weighted by molar-refractivity contribution is 7.89. The van der Waals surface area contributed by atoms with Crippen LogP contribution in [0.3, 0.4) is 0 Å². The summed E-state index contributed by atoms with van der Waals surface area (Å²) in [5.41, 5.74) is 0.223. The number of aryl methyl sites for hydroxylation is 1. The van der Waals surface area contributed by atoms with Gasteiger partial charge in [0.25, 0.3) is 5.91 Å². The Morgan fingerprint density at radius 1 is 1.42 bits per heavy atom. The van der Waals surface area contributed by atoms with E-state index in [4.69, 9.17) is 5.14 Å². The summed E-state index contributed by atoms with van der Waals surface area (Å²) < 4.78 is 23.3. The SMILES string of the molecule is CCc1[nH]nc(C(=O)N(CC)C(C)C)c1S(N)(=O)=O. The third-order valence-electron chi connectivity index (χ3n) is 2.86. The summed E-state index contributed by atoms with van der Waals surface area (Å²) in [6, 6.07) is -0.0485. The molecule has 0 aromatic carbocycles. The second-order valence-electron chi connectivity index (χ2n) is 4.46. The molecule has 0 saturated heterocycles. The molecular formula is C11H20N4O3S. The number of aromatic amines is 1. The Labute approximate surface area is 113 Å². The standard InChI is InChI=1S/C11H20N4O3S/c1-5-8-10(19(12,17)18)9(14-13-8)11(16)15(6-2)7(3)4/h7H,5-6H2,1-4H3,(H,13,14)(H2,12,17,18). The van der Waals surface area contributed by atoms with Crippen molar-refractivity contribution < 1.29 is 13.2 Å². The van der Waals surface area contributed by atoms with Crippen LogP contribution in [0.25, 0.3) is 0 Å². The van der Waals surface area contributed by atoms with E-state index in [0.29, 0.717) is 18.7 Å². The minimum absolute atomic E-state index is 0.0485. The van der Waals surface area contributed by atoms with E-state index < -0.39 is 15.9 Å². The van der Waals surface area contributed by atoms with Crippen LogP contribution >= 0.6 is 0 Å². The lowest BCUT2D eigenvalue weighted by Crippen LogP contribution is -2.37. The van der Waals surface area contributed by atoms with Crippen LogP contribution in [0.2, 0.25) is 0 Å². The molecule has 0 aliphatic carbocycles. The van der Waals surface area contributed by atoms with Crippen molar-refractivity contribution in [3.63, 3.8) is 0 Å². The molecule has 1 rings (SSSR count). The summed E-state index contributed by atoms with van der Waals surface area (Å²) in [5.74, 6) is -0.433. The average Bonchev–Trinajstić information content (AvgIpc) is 2.72. The highest BCUT2D eigenvalue weighted by Gasteiger charge is 2.29. The molecule has 7 nitrogen and oxygen atoms in total. The third kappa shape index (κ3) is 3.13. The summed E-state index contributed by atoms with van der Waals surface area (Å²) in [6.07, 6.45) is 0.403. The van der Waals surface area contributed by atoms with Crippen LogP contribution < -0.4 is 5.14 Å². The van der Waals surface area contributed by atoms with Crippen molar-refractivity contribution >= 4 is 15.9 Å². The molecule has 0 aliphatic heterocycles. The Bertz CT molecular complexity index is 562. The first-order valence-corrected chi connectivity index (χ1v) is 7.69. The Morgan fingerprint density at radius 3 is 2.37 bits per heavy atom. The molecule has 0 atom stereocenters. The summed E-state index contributed by atoms with van der Waals surface area (Å²) in [5, 5.41) is 11.6. The number of sulfonamides is 1. The largest absolute Gasteiger partial charge is 0.335 e. The highest BCUT2D eigenvalue weighted by Crippen LogP contribution is 2.19. The van der Waals surface area contributed by atoms with E-state index in [1.807, 2.05) is 20.8 Å². The molecule has 0 saturated carbocycles. The van der Waals surface area contributed by atoms with E-state index in [9.17, 15) is 13.2 Å². The van der Waals surface area contributed by atoms with Crippen LogP contribution in [0, 0.1) is 0 Å². The number of H-pyrrole nitrogens is 1. The van der Waals surface area contributed by atoms with Crippen LogP contribution in [0.5, 0.6) is 0 Å². The molecule has 0 aliphatic rings. The Morgan fingerprint density at radius 2 is 2.00 bits per heavy atom. The number of carbonyl (C=O) groups excluding carboxylic acids is 1. The van der Waals surface area contributed by atoms with Crippen LogP contribution in [0.1, 0.15) is 43.9 Å². The van der Waals surface area contributed by atoms with Crippen molar-refractivity contribution in [1.29, 1.82) is 0 Å². The fourth-order valence-corrected chi connectivity index (χ4v) is 2.87. The van der Waals surface area contributed by atoms with E-state index in [2.05, 4.69) is 10.2 Å². The summed E-state index contributed by atoms with van der Waals surface area (Å²) in [7, 11) is -3.99. The third-order valence-corrected chi connectivity index (χ3v) is 3.87. The minimum atomic E-state index is -3.99. The van der Waals surface area contributed by atoms with E-state index in [1.165, 1.54) is 4.90 Å². The highest BCUT2D eigenvalue weighted by atomic mass is 32.2. The Balaban J connectivity index is 3.36. The van der Waals surface area contributed by atoms with Crippen molar-refractivity contribution in [1.82, 2.24) is 15.1 Å². The number of primary sulfonamides is 1. The first-order chi connectivity index (χ1) is 8.73. The molecule has 0 bridgehead atoms. The van der Waals surface area contributed by atoms with Gasteiger partial charge in [0.1, 0.15) is 4.90 Å². The first-order valence-electron chi connectivity index (χ1n) is 6.14. The molecule has 1 aromatic heterocycles. The van der Waals surface area contributed by atoms with E-state index in [1.54, 1.807) is 6.92 Å². The predicted octanol–water partition coefficient (Wildman–Crippen LogP) is 0.490. The number of hydrogen-bond acceptors (Lipinski definition) is 4. The number of hydrogen-bond donors (Lipinski definition) is 2. The average molecular weight is 288 g/mol. The van der Waals surface area contributed by atoms with Crippen molar-refractivity contribution in [2.24, 2.45) is 5.14 Å². The number of amides is 1. The van der Waals surface area contributed by atoms with Crippen molar-refractivity contribution in [3.8, 4) is 0 Å². The Kier molecular flexibility index (Phi) is 4.70. The normalized spacial score (nSPS) is 11.9. The molecule has 0 fully saturated rings. The number of aromatic nitrogens is 2. The molecule has 0 radical (unpaired) electrons. The van der Waals surface area contributed by atoms with Gasteiger partial charge in [0.05, 0.1) is 5.69 Å². The molecule has 0 unspecified atom stereocenters. The zero-order chi connectivity index (χ0) is 14.8. The number of carbonyl (C=O) groups is 1.